The molecule has 3 nitrogen and oxygen atoms in total. The van der Waals surface area contributed by atoms with Crippen molar-refractivity contribution in [1.82, 2.24) is 0 Å². The first-order chi connectivity index (χ1) is 10.0. The van der Waals surface area contributed by atoms with Gasteiger partial charge in [0.25, 0.3) is 0 Å². The van der Waals surface area contributed by atoms with Crippen LogP contribution in [-0.2, 0) is 11.2 Å². The summed E-state index contributed by atoms with van der Waals surface area (Å²) >= 11 is 0. The molecule has 2 aromatic carbocycles. The number of methoxy groups -OCH3 is 1. The van der Waals surface area contributed by atoms with Crippen LogP contribution in [0.15, 0.2) is 30.3 Å². The molecule has 3 heteroatoms. The van der Waals surface area contributed by atoms with Crippen molar-refractivity contribution in [3.8, 4) is 16.9 Å². The molecule has 0 fully saturated rings. The molecule has 1 heterocycles. The number of hydrogen-bond donors (Lipinski definition) is 0. The maximum Gasteiger partial charge on any atom is 0.231 e. The van der Waals surface area contributed by atoms with Gasteiger partial charge in [-0.25, -0.2) is 0 Å². The van der Waals surface area contributed by atoms with Crippen molar-refractivity contribution in [3.63, 3.8) is 0 Å². The molecule has 1 amide bonds. The summed E-state index contributed by atoms with van der Waals surface area (Å²) in [7, 11) is 3.51. The summed E-state index contributed by atoms with van der Waals surface area (Å²) in [5.74, 6) is 0.936. The third-order valence-electron chi connectivity index (χ3n) is 4.14. The van der Waals surface area contributed by atoms with Crippen molar-refractivity contribution >= 4 is 11.6 Å². The number of fused-ring (bicyclic) bond motifs is 3. The molecule has 1 aliphatic rings. The second-order valence-electron chi connectivity index (χ2n) is 5.63. The van der Waals surface area contributed by atoms with Gasteiger partial charge in [0.2, 0.25) is 5.91 Å². The summed E-state index contributed by atoms with van der Waals surface area (Å²) in [5.41, 5.74) is 6.47. The van der Waals surface area contributed by atoms with E-state index < -0.39 is 0 Å². The number of carbonyl (C=O) groups is 1. The number of nitrogens with zero attached hydrogens (tertiary/aromatic N) is 1. The number of benzene rings is 2. The number of likely N-dealkylation sites (N-methyl/N-ethyl adjacent to an activating group) is 1. The Labute approximate surface area is 125 Å². The van der Waals surface area contributed by atoms with Crippen LogP contribution in [0.1, 0.15) is 16.7 Å². The minimum Gasteiger partial charge on any atom is -0.496 e. The number of hydrogen-bond acceptors (Lipinski definition) is 2. The SMILES string of the molecule is COc1cc2c(cc1C)-c1ccc(C)cc1N(C)C(=O)C2. The first kappa shape index (κ1) is 13.7. The highest BCUT2D eigenvalue weighted by Gasteiger charge is 2.24. The van der Waals surface area contributed by atoms with Gasteiger partial charge in [-0.05, 0) is 54.3 Å². The summed E-state index contributed by atoms with van der Waals surface area (Å²) in [5, 5.41) is 0. The van der Waals surface area contributed by atoms with Crippen LogP contribution in [0.5, 0.6) is 5.75 Å². The summed E-state index contributed by atoms with van der Waals surface area (Å²) in [6.45, 7) is 4.08. The normalized spacial score (nSPS) is 13.5. The van der Waals surface area contributed by atoms with E-state index in [1.54, 1.807) is 12.0 Å². The van der Waals surface area contributed by atoms with Crippen molar-refractivity contribution in [2.45, 2.75) is 20.3 Å². The van der Waals surface area contributed by atoms with Gasteiger partial charge in [-0.3, -0.25) is 4.79 Å². The lowest BCUT2D eigenvalue weighted by Crippen LogP contribution is -2.26. The van der Waals surface area contributed by atoms with Gasteiger partial charge >= 0.3 is 0 Å². The molecule has 0 saturated carbocycles. The minimum atomic E-state index is 0.103. The molecule has 1 aliphatic heterocycles. The Bertz CT molecular complexity index is 734. The average molecular weight is 281 g/mol. The third kappa shape index (κ3) is 2.19. The molecule has 21 heavy (non-hydrogen) atoms. The highest BCUT2D eigenvalue weighted by molar-refractivity contribution is 6.02. The van der Waals surface area contributed by atoms with Crippen molar-refractivity contribution < 1.29 is 9.53 Å². The fourth-order valence-electron chi connectivity index (χ4n) is 2.91. The summed E-state index contributed by atoms with van der Waals surface area (Å²) in [6, 6.07) is 10.4. The zero-order chi connectivity index (χ0) is 15.1. The molecule has 0 saturated heterocycles. The van der Waals surface area contributed by atoms with E-state index in [2.05, 4.69) is 24.3 Å². The molecule has 108 valence electrons. The van der Waals surface area contributed by atoms with E-state index >= 15 is 0 Å². The smallest absolute Gasteiger partial charge is 0.231 e. The van der Waals surface area contributed by atoms with Crippen LogP contribution >= 0.6 is 0 Å². The Morgan fingerprint density at radius 2 is 1.86 bits per heavy atom. The van der Waals surface area contributed by atoms with Gasteiger partial charge in [0.15, 0.2) is 0 Å². The standard InChI is InChI=1S/C18H19NO2/c1-11-5-6-14-15-8-12(2)17(21-4)9-13(15)10-18(20)19(3)16(14)7-11/h5-9H,10H2,1-4H3. The van der Waals surface area contributed by atoms with Crippen LogP contribution in [-0.4, -0.2) is 20.1 Å². The second kappa shape index (κ2) is 4.92. The first-order valence-electron chi connectivity index (χ1n) is 7.06. The minimum absolute atomic E-state index is 0.103. The highest BCUT2D eigenvalue weighted by atomic mass is 16.5. The van der Waals surface area contributed by atoms with Gasteiger partial charge in [-0.1, -0.05) is 12.1 Å². The Hall–Kier alpha value is -2.29. The number of anilines is 1. The molecule has 0 aliphatic carbocycles. The van der Waals surface area contributed by atoms with Crippen LogP contribution in [0.3, 0.4) is 0 Å². The number of carbonyl (C=O) groups excluding carboxylic acids is 1. The maximum absolute atomic E-state index is 12.4. The summed E-state index contributed by atoms with van der Waals surface area (Å²) < 4.78 is 5.40. The molecule has 0 spiro atoms. The Morgan fingerprint density at radius 3 is 2.57 bits per heavy atom. The van der Waals surface area contributed by atoms with Gasteiger partial charge in [-0.15, -0.1) is 0 Å². The Kier molecular flexibility index (Phi) is 3.20. The van der Waals surface area contributed by atoms with Gasteiger partial charge < -0.3 is 9.64 Å². The van der Waals surface area contributed by atoms with Crippen LogP contribution in [0.25, 0.3) is 11.1 Å². The molecular weight excluding hydrogens is 262 g/mol. The highest BCUT2D eigenvalue weighted by Crippen LogP contribution is 2.39. The van der Waals surface area contributed by atoms with Crippen molar-refractivity contribution in [3.05, 3.63) is 47.0 Å². The molecule has 3 rings (SSSR count). The average Bonchev–Trinajstić information content (AvgIpc) is 2.56. The van der Waals surface area contributed by atoms with Gasteiger partial charge in [0.1, 0.15) is 5.75 Å². The van der Waals surface area contributed by atoms with Crippen LogP contribution in [0.2, 0.25) is 0 Å². The predicted octanol–water partition coefficient (Wildman–Crippen LogP) is 3.50. The lowest BCUT2D eigenvalue weighted by atomic mass is 9.94. The van der Waals surface area contributed by atoms with E-state index in [1.165, 1.54) is 0 Å². The van der Waals surface area contributed by atoms with E-state index in [0.29, 0.717) is 6.42 Å². The largest absolute Gasteiger partial charge is 0.496 e. The molecule has 0 unspecified atom stereocenters. The van der Waals surface area contributed by atoms with E-state index in [4.69, 9.17) is 4.74 Å². The van der Waals surface area contributed by atoms with Gasteiger partial charge in [0.05, 0.1) is 19.2 Å². The zero-order valence-electron chi connectivity index (χ0n) is 12.9. The molecule has 0 radical (unpaired) electrons. The van der Waals surface area contributed by atoms with E-state index in [0.717, 1.165) is 39.3 Å². The summed E-state index contributed by atoms with van der Waals surface area (Å²) in [4.78, 5) is 14.2. The van der Waals surface area contributed by atoms with Gasteiger partial charge in [0, 0.05) is 12.6 Å². The van der Waals surface area contributed by atoms with Crippen molar-refractivity contribution in [1.29, 1.82) is 0 Å². The molecule has 0 aromatic heterocycles. The maximum atomic E-state index is 12.4. The molecule has 2 aromatic rings. The molecule has 0 atom stereocenters. The van der Waals surface area contributed by atoms with Gasteiger partial charge in [-0.2, -0.15) is 0 Å². The molecule has 0 bridgehead atoms. The third-order valence-corrected chi connectivity index (χ3v) is 4.14. The Balaban J connectivity index is 2.31. The van der Waals surface area contributed by atoms with Crippen molar-refractivity contribution in [2.24, 2.45) is 0 Å². The van der Waals surface area contributed by atoms with Crippen LogP contribution in [0, 0.1) is 13.8 Å². The number of ether oxygens (including phenoxy) is 1. The monoisotopic (exact) mass is 281 g/mol. The lowest BCUT2D eigenvalue weighted by Gasteiger charge is -2.18. The fourth-order valence-corrected chi connectivity index (χ4v) is 2.91. The fraction of sp³-hybridized carbons (Fsp3) is 0.278. The topological polar surface area (TPSA) is 29.5 Å². The van der Waals surface area contributed by atoms with Crippen LogP contribution < -0.4 is 9.64 Å². The predicted molar refractivity (Wildman–Crippen MR) is 85.0 cm³/mol. The van der Waals surface area contributed by atoms with E-state index in [-0.39, 0.29) is 5.91 Å². The van der Waals surface area contributed by atoms with E-state index in [9.17, 15) is 4.79 Å². The lowest BCUT2D eigenvalue weighted by molar-refractivity contribution is -0.117. The number of amides is 1. The molecule has 0 N–H and O–H groups in total. The summed E-state index contributed by atoms with van der Waals surface area (Å²) in [6.07, 6.45) is 0.399. The molecular formula is C18H19NO2. The quantitative estimate of drug-likeness (QED) is 0.800. The number of aryl methyl sites for hydroxylation is 2. The zero-order valence-corrected chi connectivity index (χ0v) is 12.9. The van der Waals surface area contributed by atoms with Crippen molar-refractivity contribution in [2.75, 3.05) is 19.1 Å². The van der Waals surface area contributed by atoms with Crippen LogP contribution in [0.4, 0.5) is 5.69 Å². The Morgan fingerprint density at radius 1 is 1.10 bits per heavy atom. The second-order valence-corrected chi connectivity index (χ2v) is 5.63. The first-order valence-corrected chi connectivity index (χ1v) is 7.06. The van der Waals surface area contributed by atoms with E-state index in [1.807, 2.05) is 27.0 Å². The number of rotatable bonds is 1.